The molecule has 0 radical (unpaired) electrons. The summed E-state index contributed by atoms with van der Waals surface area (Å²) in [5.74, 6) is 1.80. The summed E-state index contributed by atoms with van der Waals surface area (Å²) in [6, 6.07) is 7.47. The normalized spacial score (nSPS) is 28.0. The minimum atomic E-state index is -0.572. The van der Waals surface area contributed by atoms with E-state index >= 15 is 0 Å². The van der Waals surface area contributed by atoms with Crippen LogP contribution in [0.2, 0.25) is 0 Å². The number of carbonyl (C=O) groups is 1. The molecular formula is C22H27N3O5. The number of benzene rings is 1. The first-order valence-corrected chi connectivity index (χ1v) is 10.5. The van der Waals surface area contributed by atoms with E-state index in [0.29, 0.717) is 62.3 Å². The summed E-state index contributed by atoms with van der Waals surface area (Å²) < 4.78 is 17.0. The summed E-state index contributed by atoms with van der Waals surface area (Å²) in [7, 11) is 1.61. The Hall–Kier alpha value is -2.58. The van der Waals surface area contributed by atoms with Crippen molar-refractivity contribution < 1.29 is 24.1 Å². The van der Waals surface area contributed by atoms with E-state index in [1.165, 1.54) is 0 Å². The predicted octanol–water partition coefficient (Wildman–Crippen LogP) is 1.78. The van der Waals surface area contributed by atoms with E-state index in [1.54, 1.807) is 7.11 Å². The van der Waals surface area contributed by atoms with Crippen molar-refractivity contribution in [2.75, 3.05) is 26.8 Å². The number of fused-ring (bicyclic) bond motifs is 2. The van der Waals surface area contributed by atoms with E-state index < -0.39 is 6.10 Å². The second-order valence-corrected chi connectivity index (χ2v) is 8.41. The smallest absolute Gasteiger partial charge is 0.274 e. The Labute approximate surface area is 175 Å². The van der Waals surface area contributed by atoms with Gasteiger partial charge in [0, 0.05) is 30.8 Å². The number of aliphatic hydroxyl groups excluding tert-OH is 1. The van der Waals surface area contributed by atoms with Crippen molar-refractivity contribution in [3.63, 3.8) is 0 Å². The highest BCUT2D eigenvalue weighted by molar-refractivity contribution is 5.94. The lowest BCUT2D eigenvalue weighted by Crippen LogP contribution is -2.42. The first-order chi connectivity index (χ1) is 14.6. The molecule has 3 heterocycles. The molecule has 0 bridgehead atoms. The fourth-order valence-corrected chi connectivity index (χ4v) is 5.00. The Kier molecular flexibility index (Phi) is 5.12. The van der Waals surface area contributed by atoms with E-state index in [2.05, 4.69) is 10.2 Å². The molecule has 8 nitrogen and oxygen atoms in total. The van der Waals surface area contributed by atoms with Gasteiger partial charge >= 0.3 is 0 Å². The number of rotatable bonds is 4. The van der Waals surface area contributed by atoms with Crippen molar-refractivity contribution in [3.8, 4) is 11.5 Å². The number of likely N-dealkylation sites (tertiary alicyclic amines) is 1. The summed E-state index contributed by atoms with van der Waals surface area (Å²) in [6.45, 7) is 2.39. The zero-order valence-electron chi connectivity index (χ0n) is 17.0. The molecule has 3 aliphatic rings. The first-order valence-electron chi connectivity index (χ1n) is 10.5. The number of aromatic amines is 1. The van der Waals surface area contributed by atoms with Crippen LogP contribution in [0.3, 0.4) is 0 Å². The summed E-state index contributed by atoms with van der Waals surface area (Å²) in [4.78, 5) is 15.0. The highest BCUT2D eigenvalue weighted by atomic mass is 16.5. The SMILES string of the molecule is COc1ccccc1O[C@@H]1C[C@@H]2CN(C(=O)c3n[nH]c4c3COCC4)C[C@@H]2C[C@H]1O. The first kappa shape index (κ1) is 19.4. The molecule has 1 amide bonds. The van der Waals surface area contributed by atoms with Crippen molar-refractivity contribution in [1.29, 1.82) is 0 Å². The maximum absolute atomic E-state index is 13.1. The minimum absolute atomic E-state index is 0.0518. The average molecular weight is 413 g/mol. The topological polar surface area (TPSA) is 96.9 Å². The lowest BCUT2D eigenvalue weighted by Gasteiger charge is -2.35. The van der Waals surface area contributed by atoms with Gasteiger partial charge in [-0.15, -0.1) is 0 Å². The van der Waals surface area contributed by atoms with Gasteiger partial charge in [-0.2, -0.15) is 5.10 Å². The Morgan fingerprint density at radius 1 is 1.23 bits per heavy atom. The molecule has 1 saturated heterocycles. The fourth-order valence-electron chi connectivity index (χ4n) is 5.00. The van der Waals surface area contributed by atoms with Gasteiger partial charge in [0.05, 0.1) is 26.4 Å². The number of methoxy groups -OCH3 is 1. The summed E-state index contributed by atoms with van der Waals surface area (Å²) in [5.41, 5.74) is 2.37. The molecule has 160 valence electrons. The number of carbonyl (C=O) groups excluding carboxylic acids is 1. The van der Waals surface area contributed by atoms with Gasteiger partial charge in [-0.25, -0.2) is 0 Å². The lowest BCUT2D eigenvalue weighted by molar-refractivity contribution is -0.0240. The molecule has 8 heteroatoms. The zero-order valence-corrected chi connectivity index (χ0v) is 17.0. The van der Waals surface area contributed by atoms with Crippen LogP contribution in [-0.4, -0.2) is 65.1 Å². The molecule has 4 atom stereocenters. The van der Waals surface area contributed by atoms with Crippen LogP contribution in [0.5, 0.6) is 11.5 Å². The molecule has 2 aliphatic heterocycles. The van der Waals surface area contributed by atoms with Gasteiger partial charge in [0.15, 0.2) is 17.2 Å². The number of para-hydroxylation sites is 2. The third-order valence-corrected chi connectivity index (χ3v) is 6.62. The van der Waals surface area contributed by atoms with Crippen molar-refractivity contribution in [1.82, 2.24) is 15.1 Å². The molecule has 2 fully saturated rings. The van der Waals surface area contributed by atoms with E-state index in [-0.39, 0.29) is 17.9 Å². The number of aliphatic hydroxyl groups is 1. The quantitative estimate of drug-likeness (QED) is 0.793. The highest BCUT2D eigenvalue weighted by Crippen LogP contribution is 2.40. The zero-order chi connectivity index (χ0) is 20.7. The molecule has 2 N–H and O–H groups in total. The number of aromatic nitrogens is 2. The van der Waals surface area contributed by atoms with Gasteiger partial charge in [0.1, 0.15) is 6.10 Å². The Morgan fingerprint density at radius 3 is 2.80 bits per heavy atom. The number of nitrogens with one attached hydrogen (secondary N) is 1. The largest absolute Gasteiger partial charge is 0.493 e. The average Bonchev–Trinajstić information content (AvgIpc) is 3.38. The molecule has 1 aromatic heterocycles. The molecule has 2 aromatic rings. The summed E-state index contributed by atoms with van der Waals surface area (Å²) >= 11 is 0. The van der Waals surface area contributed by atoms with Gasteiger partial charge in [0.2, 0.25) is 0 Å². The standard InChI is InChI=1S/C22H27N3O5/c1-28-18-4-2-3-5-19(18)30-20-9-14-11-25(10-13(14)8-17(20)26)22(27)21-15-12-29-7-6-16(15)23-24-21/h2-5,13-14,17,20,26H,6-12H2,1H3,(H,23,24)/t13-,14+,17+,20+/m0/s1. The number of hydrogen-bond donors (Lipinski definition) is 2. The number of H-pyrrole nitrogens is 1. The van der Waals surface area contributed by atoms with Crippen molar-refractivity contribution in [2.24, 2.45) is 11.8 Å². The number of ether oxygens (including phenoxy) is 3. The van der Waals surface area contributed by atoms with Crippen molar-refractivity contribution in [2.45, 2.75) is 38.1 Å². The Balaban J connectivity index is 1.28. The van der Waals surface area contributed by atoms with Gasteiger partial charge in [-0.05, 0) is 36.8 Å². The minimum Gasteiger partial charge on any atom is -0.493 e. The molecule has 1 saturated carbocycles. The third-order valence-electron chi connectivity index (χ3n) is 6.62. The second kappa shape index (κ2) is 7.92. The molecule has 0 spiro atoms. The number of amides is 1. The van der Waals surface area contributed by atoms with E-state index in [0.717, 1.165) is 17.7 Å². The number of hydrogen-bond acceptors (Lipinski definition) is 6. The maximum atomic E-state index is 13.1. The van der Waals surface area contributed by atoms with Crippen molar-refractivity contribution in [3.05, 3.63) is 41.2 Å². The molecule has 1 aromatic carbocycles. The Morgan fingerprint density at radius 2 is 2.00 bits per heavy atom. The molecule has 1 aliphatic carbocycles. The third kappa shape index (κ3) is 3.44. The van der Waals surface area contributed by atoms with Crippen molar-refractivity contribution >= 4 is 5.91 Å². The van der Waals surface area contributed by atoms with Crippen LogP contribution in [0.1, 0.15) is 34.6 Å². The highest BCUT2D eigenvalue weighted by Gasteiger charge is 2.44. The predicted molar refractivity (Wildman–Crippen MR) is 107 cm³/mol. The summed E-state index contributed by atoms with van der Waals surface area (Å²) in [6.07, 6.45) is 1.20. The van der Waals surface area contributed by atoms with Crippen LogP contribution in [0.4, 0.5) is 0 Å². The van der Waals surface area contributed by atoms with E-state index in [1.807, 2.05) is 29.2 Å². The molecular weight excluding hydrogens is 386 g/mol. The second-order valence-electron chi connectivity index (χ2n) is 8.41. The van der Waals surface area contributed by atoms with E-state index in [9.17, 15) is 9.90 Å². The van der Waals surface area contributed by atoms with Gasteiger partial charge in [0.25, 0.3) is 5.91 Å². The van der Waals surface area contributed by atoms with Crippen LogP contribution in [-0.2, 0) is 17.8 Å². The summed E-state index contributed by atoms with van der Waals surface area (Å²) in [5, 5.41) is 18.0. The van der Waals surface area contributed by atoms with Crippen LogP contribution in [0.15, 0.2) is 24.3 Å². The maximum Gasteiger partial charge on any atom is 0.274 e. The molecule has 0 unspecified atom stereocenters. The number of nitrogens with zero attached hydrogens (tertiary/aromatic N) is 2. The van der Waals surface area contributed by atoms with Crippen LogP contribution >= 0.6 is 0 Å². The Bertz CT molecular complexity index is 929. The van der Waals surface area contributed by atoms with Gasteiger partial charge in [-0.1, -0.05) is 12.1 Å². The monoisotopic (exact) mass is 413 g/mol. The van der Waals surface area contributed by atoms with Crippen LogP contribution < -0.4 is 9.47 Å². The van der Waals surface area contributed by atoms with E-state index in [4.69, 9.17) is 14.2 Å². The molecule has 5 rings (SSSR count). The lowest BCUT2D eigenvalue weighted by atomic mass is 9.78. The van der Waals surface area contributed by atoms with Gasteiger partial charge in [-0.3, -0.25) is 9.89 Å². The molecule has 30 heavy (non-hydrogen) atoms. The van der Waals surface area contributed by atoms with Gasteiger partial charge < -0.3 is 24.2 Å². The van der Waals surface area contributed by atoms with Crippen LogP contribution in [0.25, 0.3) is 0 Å². The van der Waals surface area contributed by atoms with Crippen LogP contribution in [0, 0.1) is 11.8 Å². The fraction of sp³-hybridized carbons (Fsp3) is 0.545.